The number of nitrogens with two attached hydrogens (primary N) is 1. The van der Waals surface area contributed by atoms with Crippen molar-refractivity contribution in [3.63, 3.8) is 0 Å². The summed E-state index contributed by atoms with van der Waals surface area (Å²) in [4.78, 5) is 2.41. The average Bonchev–Trinajstić information content (AvgIpc) is 2.23. The highest BCUT2D eigenvalue weighted by Gasteiger charge is 2.22. The second-order valence-electron chi connectivity index (χ2n) is 5.54. The Bertz CT molecular complexity index is 188. The summed E-state index contributed by atoms with van der Waals surface area (Å²) in [6, 6.07) is 0. The predicted molar refractivity (Wildman–Crippen MR) is 68.4 cm³/mol. The smallest absolute Gasteiger partial charge is 0.0611 e. The van der Waals surface area contributed by atoms with E-state index in [4.69, 9.17) is 5.73 Å². The summed E-state index contributed by atoms with van der Waals surface area (Å²) in [7, 11) is 2.20. The number of aliphatic hydroxyl groups is 1. The Labute approximate surface area is 100 Å². The first-order valence-electron chi connectivity index (χ1n) is 6.68. The highest BCUT2D eigenvalue weighted by Crippen LogP contribution is 2.26. The Balaban J connectivity index is 2.08. The summed E-state index contributed by atoms with van der Waals surface area (Å²) in [5.41, 5.74) is 5.70. The molecule has 0 aromatic rings. The van der Waals surface area contributed by atoms with Crippen LogP contribution in [-0.2, 0) is 0 Å². The van der Waals surface area contributed by atoms with Crippen LogP contribution in [0.2, 0.25) is 0 Å². The molecule has 3 nitrogen and oxygen atoms in total. The molecule has 0 saturated heterocycles. The molecule has 1 aliphatic rings. The quantitative estimate of drug-likeness (QED) is 0.663. The normalized spacial score (nSPS) is 20.8. The Morgan fingerprint density at radius 2 is 2.12 bits per heavy atom. The molecule has 1 atom stereocenters. The molecule has 0 bridgehead atoms. The molecule has 1 aliphatic carbocycles. The van der Waals surface area contributed by atoms with E-state index < -0.39 is 0 Å². The largest absolute Gasteiger partial charge is 0.394 e. The third kappa shape index (κ3) is 4.40. The second-order valence-corrected chi connectivity index (χ2v) is 5.54. The van der Waals surface area contributed by atoms with E-state index in [1.807, 2.05) is 6.92 Å². The zero-order valence-electron chi connectivity index (χ0n) is 10.9. The molecule has 0 amide bonds. The Kier molecular flexibility index (Phi) is 5.73. The van der Waals surface area contributed by atoms with Gasteiger partial charge in [-0.3, -0.25) is 0 Å². The standard InChI is InChI=1S/C13H28N2O/c1-3-13(14,11-16)8-5-9-15(2)10-12-6-4-7-12/h12,16H,3-11,14H2,1-2H3. The van der Waals surface area contributed by atoms with Crippen molar-refractivity contribution in [2.45, 2.75) is 51.0 Å². The van der Waals surface area contributed by atoms with Crippen LogP contribution < -0.4 is 5.73 Å². The van der Waals surface area contributed by atoms with Gasteiger partial charge < -0.3 is 15.7 Å². The van der Waals surface area contributed by atoms with Crippen LogP contribution >= 0.6 is 0 Å². The van der Waals surface area contributed by atoms with Gasteiger partial charge in [-0.05, 0) is 51.6 Å². The molecular weight excluding hydrogens is 200 g/mol. The highest BCUT2D eigenvalue weighted by atomic mass is 16.3. The molecule has 0 aliphatic heterocycles. The van der Waals surface area contributed by atoms with Crippen molar-refractivity contribution in [1.82, 2.24) is 4.90 Å². The van der Waals surface area contributed by atoms with Crippen molar-refractivity contribution in [2.75, 3.05) is 26.7 Å². The third-order valence-electron chi connectivity index (χ3n) is 4.03. The molecule has 0 spiro atoms. The van der Waals surface area contributed by atoms with Crippen LogP contribution in [-0.4, -0.2) is 42.3 Å². The molecule has 0 heterocycles. The molecule has 0 radical (unpaired) electrons. The summed E-state index contributed by atoms with van der Waals surface area (Å²) >= 11 is 0. The van der Waals surface area contributed by atoms with Gasteiger partial charge in [0.05, 0.1) is 6.61 Å². The Morgan fingerprint density at radius 3 is 2.56 bits per heavy atom. The topological polar surface area (TPSA) is 49.5 Å². The van der Waals surface area contributed by atoms with Gasteiger partial charge in [0.1, 0.15) is 0 Å². The van der Waals surface area contributed by atoms with E-state index in [0.29, 0.717) is 0 Å². The van der Waals surface area contributed by atoms with Gasteiger partial charge in [-0.1, -0.05) is 13.3 Å². The van der Waals surface area contributed by atoms with Gasteiger partial charge in [0.15, 0.2) is 0 Å². The van der Waals surface area contributed by atoms with Crippen LogP contribution in [0, 0.1) is 5.92 Å². The average molecular weight is 228 g/mol. The third-order valence-corrected chi connectivity index (χ3v) is 4.03. The monoisotopic (exact) mass is 228 g/mol. The lowest BCUT2D eigenvalue weighted by Crippen LogP contribution is -2.43. The van der Waals surface area contributed by atoms with E-state index >= 15 is 0 Å². The van der Waals surface area contributed by atoms with Crippen molar-refractivity contribution in [3.05, 3.63) is 0 Å². The van der Waals surface area contributed by atoms with Crippen molar-refractivity contribution in [3.8, 4) is 0 Å². The summed E-state index contributed by atoms with van der Waals surface area (Å²) in [5, 5.41) is 9.20. The molecule has 96 valence electrons. The summed E-state index contributed by atoms with van der Waals surface area (Å²) < 4.78 is 0. The van der Waals surface area contributed by atoms with Gasteiger partial charge >= 0.3 is 0 Å². The van der Waals surface area contributed by atoms with E-state index in [1.165, 1.54) is 25.8 Å². The van der Waals surface area contributed by atoms with Crippen molar-refractivity contribution >= 4 is 0 Å². The number of hydrogen-bond donors (Lipinski definition) is 2. The van der Waals surface area contributed by atoms with Crippen molar-refractivity contribution in [2.24, 2.45) is 11.7 Å². The lowest BCUT2D eigenvalue weighted by molar-refractivity contribution is 0.165. The van der Waals surface area contributed by atoms with Gasteiger partial charge in [0, 0.05) is 12.1 Å². The lowest BCUT2D eigenvalue weighted by atomic mass is 9.85. The minimum atomic E-state index is -0.350. The molecule has 3 N–H and O–H groups in total. The van der Waals surface area contributed by atoms with Crippen LogP contribution in [0.5, 0.6) is 0 Å². The fourth-order valence-electron chi connectivity index (χ4n) is 2.28. The first kappa shape index (κ1) is 13.9. The van der Waals surface area contributed by atoms with E-state index in [2.05, 4.69) is 11.9 Å². The molecule has 3 heteroatoms. The summed E-state index contributed by atoms with van der Waals surface area (Å²) in [6.07, 6.45) is 7.12. The number of rotatable bonds is 8. The SMILES string of the molecule is CCC(N)(CO)CCCN(C)CC1CCC1. The van der Waals surface area contributed by atoms with Gasteiger partial charge in [-0.25, -0.2) is 0 Å². The fourth-order valence-corrected chi connectivity index (χ4v) is 2.28. The molecule has 1 saturated carbocycles. The molecule has 1 rings (SSSR count). The van der Waals surface area contributed by atoms with E-state index in [1.54, 1.807) is 0 Å². The molecule has 1 unspecified atom stereocenters. The molecule has 1 fully saturated rings. The first-order chi connectivity index (χ1) is 7.59. The lowest BCUT2D eigenvalue weighted by Gasteiger charge is -2.31. The van der Waals surface area contributed by atoms with Gasteiger partial charge in [-0.15, -0.1) is 0 Å². The molecular formula is C13H28N2O. The van der Waals surface area contributed by atoms with Crippen LogP contribution in [0.15, 0.2) is 0 Å². The first-order valence-corrected chi connectivity index (χ1v) is 6.68. The van der Waals surface area contributed by atoms with Crippen molar-refractivity contribution in [1.29, 1.82) is 0 Å². The Morgan fingerprint density at radius 1 is 1.44 bits per heavy atom. The maximum absolute atomic E-state index is 9.20. The van der Waals surface area contributed by atoms with Gasteiger partial charge in [0.2, 0.25) is 0 Å². The predicted octanol–water partition coefficient (Wildman–Crippen LogP) is 1.60. The second kappa shape index (κ2) is 6.58. The minimum Gasteiger partial charge on any atom is -0.394 e. The maximum atomic E-state index is 9.20. The molecule has 0 aromatic carbocycles. The van der Waals surface area contributed by atoms with Crippen LogP contribution in [0.25, 0.3) is 0 Å². The zero-order chi connectivity index (χ0) is 12.0. The van der Waals surface area contributed by atoms with Gasteiger partial charge in [0.25, 0.3) is 0 Å². The number of nitrogens with zero attached hydrogens (tertiary/aromatic N) is 1. The fraction of sp³-hybridized carbons (Fsp3) is 1.00. The van der Waals surface area contributed by atoms with E-state index in [0.717, 1.165) is 31.7 Å². The maximum Gasteiger partial charge on any atom is 0.0611 e. The zero-order valence-corrected chi connectivity index (χ0v) is 10.9. The van der Waals surface area contributed by atoms with Crippen LogP contribution in [0.3, 0.4) is 0 Å². The number of hydrogen-bond acceptors (Lipinski definition) is 3. The molecule has 0 aromatic heterocycles. The summed E-state index contributed by atoms with van der Waals surface area (Å²) in [6.45, 7) is 4.50. The van der Waals surface area contributed by atoms with E-state index in [9.17, 15) is 5.11 Å². The minimum absolute atomic E-state index is 0.107. The van der Waals surface area contributed by atoms with Crippen LogP contribution in [0.4, 0.5) is 0 Å². The van der Waals surface area contributed by atoms with E-state index in [-0.39, 0.29) is 12.1 Å². The molecule has 16 heavy (non-hydrogen) atoms. The highest BCUT2D eigenvalue weighted by molar-refractivity contribution is 4.82. The summed E-state index contributed by atoms with van der Waals surface area (Å²) in [5.74, 6) is 0.941. The Hall–Kier alpha value is -0.120. The number of aliphatic hydroxyl groups excluding tert-OH is 1. The van der Waals surface area contributed by atoms with Gasteiger partial charge in [-0.2, -0.15) is 0 Å². The van der Waals surface area contributed by atoms with Crippen LogP contribution in [0.1, 0.15) is 45.4 Å². The van der Waals surface area contributed by atoms with Crippen molar-refractivity contribution < 1.29 is 5.11 Å².